The van der Waals surface area contributed by atoms with E-state index in [1.54, 1.807) is 18.2 Å². The molecule has 0 aliphatic carbocycles. The molecular formula is C11H11Cl2NO3. The Labute approximate surface area is 109 Å². The Kier molecular flexibility index (Phi) is 4.78. The average Bonchev–Trinajstić information content (AvgIpc) is 2.19. The lowest BCUT2D eigenvalue weighted by Crippen LogP contribution is -2.28. The number of hydrogen-bond acceptors (Lipinski definition) is 2. The fraction of sp³-hybridized carbons (Fsp3) is 0.273. The van der Waals surface area contributed by atoms with Gasteiger partial charge in [-0.25, -0.2) is 0 Å². The van der Waals surface area contributed by atoms with Crippen LogP contribution in [0, 0.1) is 0 Å². The van der Waals surface area contributed by atoms with Crippen molar-refractivity contribution >= 4 is 35.1 Å². The standard InChI is InChI=1S/C11H11Cl2NO3/c1-6(15)14-10(5-11(16)17)8-4-7(12)2-3-9(8)13/h2-4,10H,5H2,1H3,(H,14,15)(H,16,17)/t10-/m1/s1. The summed E-state index contributed by atoms with van der Waals surface area (Å²) in [5.41, 5.74) is 0.497. The van der Waals surface area contributed by atoms with Crippen LogP contribution in [0.2, 0.25) is 10.0 Å². The van der Waals surface area contributed by atoms with Crippen LogP contribution in [0.25, 0.3) is 0 Å². The second-order valence-electron chi connectivity index (χ2n) is 3.52. The molecule has 0 unspecified atom stereocenters. The third-order valence-electron chi connectivity index (χ3n) is 2.09. The van der Waals surface area contributed by atoms with Gasteiger partial charge in [0.15, 0.2) is 0 Å². The summed E-state index contributed by atoms with van der Waals surface area (Å²) < 4.78 is 0. The highest BCUT2D eigenvalue weighted by atomic mass is 35.5. The highest BCUT2D eigenvalue weighted by Crippen LogP contribution is 2.28. The van der Waals surface area contributed by atoms with Gasteiger partial charge in [-0.1, -0.05) is 23.2 Å². The van der Waals surface area contributed by atoms with Crippen LogP contribution in [0.5, 0.6) is 0 Å². The summed E-state index contributed by atoms with van der Waals surface area (Å²) in [6.07, 6.45) is -0.250. The first kappa shape index (κ1) is 13.8. The van der Waals surface area contributed by atoms with Crippen molar-refractivity contribution in [2.24, 2.45) is 0 Å². The molecule has 0 spiro atoms. The second kappa shape index (κ2) is 5.89. The average molecular weight is 276 g/mol. The molecule has 0 aliphatic rings. The summed E-state index contributed by atoms with van der Waals surface area (Å²) in [7, 11) is 0. The number of amides is 1. The maximum absolute atomic E-state index is 11.0. The number of halogens is 2. The Hall–Kier alpha value is -1.26. The molecule has 0 fully saturated rings. The molecule has 0 aromatic heterocycles. The van der Waals surface area contributed by atoms with Crippen molar-refractivity contribution in [1.29, 1.82) is 0 Å². The van der Waals surface area contributed by atoms with Gasteiger partial charge >= 0.3 is 5.97 Å². The minimum atomic E-state index is -1.03. The monoisotopic (exact) mass is 275 g/mol. The molecule has 4 nitrogen and oxygen atoms in total. The molecule has 0 saturated carbocycles. The Morgan fingerprint density at radius 3 is 2.59 bits per heavy atom. The maximum Gasteiger partial charge on any atom is 0.305 e. The molecule has 0 saturated heterocycles. The fourth-order valence-corrected chi connectivity index (χ4v) is 1.87. The Morgan fingerprint density at radius 2 is 2.06 bits per heavy atom. The topological polar surface area (TPSA) is 66.4 Å². The number of rotatable bonds is 4. The maximum atomic E-state index is 11.0. The highest BCUT2D eigenvalue weighted by Gasteiger charge is 2.19. The molecule has 1 rings (SSSR count). The molecule has 1 amide bonds. The summed E-state index contributed by atoms with van der Waals surface area (Å²) in [6, 6.07) is 4.03. The Balaban J connectivity index is 3.06. The van der Waals surface area contributed by atoms with Gasteiger partial charge in [0.05, 0.1) is 12.5 Å². The summed E-state index contributed by atoms with van der Waals surface area (Å²) in [6.45, 7) is 1.31. The molecule has 1 aromatic carbocycles. The van der Waals surface area contributed by atoms with Crippen LogP contribution in [0.1, 0.15) is 24.9 Å². The van der Waals surface area contributed by atoms with Gasteiger partial charge < -0.3 is 10.4 Å². The molecule has 2 N–H and O–H groups in total. The second-order valence-corrected chi connectivity index (χ2v) is 4.36. The van der Waals surface area contributed by atoms with Crippen molar-refractivity contribution in [1.82, 2.24) is 5.32 Å². The lowest BCUT2D eigenvalue weighted by atomic mass is 10.0. The number of benzene rings is 1. The molecule has 17 heavy (non-hydrogen) atoms. The third-order valence-corrected chi connectivity index (χ3v) is 2.67. The third kappa shape index (κ3) is 4.24. The number of nitrogens with one attached hydrogen (secondary N) is 1. The molecule has 6 heteroatoms. The van der Waals surface area contributed by atoms with Crippen LogP contribution in [0.3, 0.4) is 0 Å². The van der Waals surface area contributed by atoms with Crippen molar-refractivity contribution in [3.05, 3.63) is 33.8 Å². The number of carboxylic acids is 1. The van der Waals surface area contributed by atoms with Crippen LogP contribution in [-0.4, -0.2) is 17.0 Å². The van der Waals surface area contributed by atoms with Gasteiger partial charge in [-0.3, -0.25) is 9.59 Å². The first-order valence-electron chi connectivity index (χ1n) is 4.84. The van der Waals surface area contributed by atoms with Crippen LogP contribution >= 0.6 is 23.2 Å². The van der Waals surface area contributed by atoms with Gasteiger partial charge in [-0.2, -0.15) is 0 Å². The molecule has 1 atom stereocenters. The van der Waals surface area contributed by atoms with Crippen LogP contribution < -0.4 is 5.32 Å². The first-order valence-corrected chi connectivity index (χ1v) is 5.59. The number of carbonyl (C=O) groups excluding carboxylic acids is 1. The minimum absolute atomic E-state index is 0.250. The first-order chi connectivity index (χ1) is 7.90. The van der Waals surface area contributed by atoms with Crippen molar-refractivity contribution in [3.63, 3.8) is 0 Å². The highest BCUT2D eigenvalue weighted by molar-refractivity contribution is 6.33. The molecule has 0 heterocycles. The van der Waals surface area contributed by atoms with E-state index in [1.807, 2.05) is 0 Å². The predicted octanol–water partition coefficient (Wildman–Crippen LogP) is 2.65. The zero-order valence-electron chi connectivity index (χ0n) is 9.04. The van der Waals surface area contributed by atoms with Crippen LogP contribution in [-0.2, 0) is 9.59 Å². The largest absolute Gasteiger partial charge is 0.481 e. The smallest absolute Gasteiger partial charge is 0.305 e. The normalized spacial score (nSPS) is 11.9. The molecule has 0 bridgehead atoms. The van der Waals surface area contributed by atoms with Gasteiger partial charge in [0.2, 0.25) is 5.91 Å². The molecule has 0 radical (unpaired) electrons. The van der Waals surface area contributed by atoms with Crippen molar-refractivity contribution in [2.75, 3.05) is 0 Å². The summed E-state index contributed by atoms with van der Waals surface area (Å²) in [4.78, 5) is 21.8. The van der Waals surface area contributed by atoms with E-state index >= 15 is 0 Å². The summed E-state index contributed by atoms with van der Waals surface area (Å²) in [5, 5.41) is 12.1. The quantitative estimate of drug-likeness (QED) is 0.888. The summed E-state index contributed by atoms with van der Waals surface area (Å²) in [5.74, 6) is -1.35. The van der Waals surface area contributed by atoms with Crippen molar-refractivity contribution in [2.45, 2.75) is 19.4 Å². The van der Waals surface area contributed by atoms with Gasteiger partial charge in [-0.05, 0) is 23.8 Å². The van der Waals surface area contributed by atoms with Gasteiger partial charge in [0.1, 0.15) is 0 Å². The van der Waals surface area contributed by atoms with E-state index < -0.39 is 12.0 Å². The van der Waals surface area contributed by atoms with Crippen LogP contribution in [0.15, 0.2) is 18.2 Å². The Morgan fingerprint density at radius 1 is 1.41 bits per heavy atom. The van der Waals surface area contributed by atoms with Crippen molar-refractivity contribution < 1.29 is 14.7 Å². The lowest BCUT2D eigenvalue weighted by Gasteiger charge is -2.17. The number of aliphatic carboxylic acids is 1. The van der Waals surface area contributed by atoms with E-state index in [-0.39, 0.29) is 12.3 Å². The number of carbonyl (C=O) groups is 2. The van der Waals surface area contributed by atoms with Gasteiger partial charge in [-0.15, -0.1) is 0 Å². The zero-order valence-corrected chi connectivity index (χ0v) is 10.5. The van der Waals surface area contributed by atoms with E-state index in [4.69, 9.17) is 28.3 Å². The van der Waals surface area contributed by atoms with E-state index in [0.717, 1.165) is 0 Å². The molecule has 1 aromatic rings. The molecule has 0 aliphatic heterocycles. The SMILES string of the molecule is CC(=O)N[C@H](CC(=O)O)c1cc(Cl)ccc1Cl. The predicted molar refractivity (Wildman–Crippen MR) is 65.3 cm³/mol. The van der Waals surface area contributed by atoms with Gasteiger partial charge in [0.25, 0.3) is 0 Å². The van der Waals surface area contributed by atoms with E-state index in [1.165, 1.54) is 6.92 Å². The zero-order chi connectivity index (χ0) is 13.0. The van der Waals surface area contributed by atoms with E-state index in [0.29, 0.717) is 15.6 Å². The Bertz CT molecular complexity index is 432. The minimum Gasteiger partial charge on any atom is -0.481 e. The number of hydrogen-bond donors (Lipinski definition) is 2. The van der Waals surface area contributed by atoms with Crippen LogP contribution in [0.4, 0.5) is 0 Å². The molecule has 92 valence electrons. The van der Waals surface area contributed by atoms with E-state index in [9.17, 15) is 9.59 Å². The molecular weight excluding hydrogens is 265 g/mol. The van der Waals surface area contributed by atoms with Crippen molar-refractivity contribution in [3.8, 4) is 0 Å². The number of carboxylic acid groups (broad SMARTS) is 1. The summed E-state index contributed by atoms with van der Waals surface area (Å²) >= 11 is 11.8. The fourth-order valence-electron chi connectivity index (χ4n) is 1.44. The van der Waals surface area contributed by atoms with E-state index in [2.05, 4.69) is 5.32 Å². The van der Waals surface area contributed by atoms with Gasteiger partial charge in [0, 0.05) is 17.0 Å². The lowest BCUT2D eigenvalue weighted by molar-refractivity contribution is -0.137.